The molecule has 0 amide bonds. The van der Waals surface area contributed by atoms with Gasteiger partial charge in [-0.05, 0) is 23.6 Å². The number of sulfonamides is 1. The molecule has 0 radical (unpaired) electrons. The molecule has 0 unspecified atom stereocenters. The Morgan fingerprint density at radius 3 is 1.74 bits per heavy atom. The quantitative estimate of drug-likeness (QED) is 0.492. The van der Waals surface area contributed by atoms with Crippen LogP contribution < -0.4 is 4.83 Å². The first-order valence-corrected chi connectivity index (χ1v) is 10.4. The van der Waals surface area contributed by atoms with Crippen LogP contribution in [0.3, 0.4) is 0 Å². The van der Waals surface area contributed by atoms with Gasteiger partial charge in [0.15, 0.2) is 0 Å². The molecule has 3 aromatic carbocycles. The van der Waals surface area contributed by atoms with Crippen molar-refractivity contribution in [1.82, 2.24) is 4.83 Å². The maximum atomic E-state index is 12.4. The molecule has 0 spiro atoms. The van der Waals surface area contributed by atoms with Crippen LogP contribution in [-0.2, 0) is 15.8 Å². The Hall–Kier alpha value is -2.92. The molecule has 0 fully saturated rings. The Balaban J connectivity index is 1.84. The predicted octanol–water partition coefficient (Wildman–Crippen LogP) is 4.31. The summed E-state index contributed by atoms with van der Waals surface area (Å²) in [5, 5.41) is 4.22. The summed E-state index contributed by atoms with van der Waals surface area (Å²) >= 11 is 0. The van der Waals surface area contributed by atoms with Crippen molar-refractivity contribution in [2.45, 2.75) is 18.6 Å². The van der Waals surface area contributed by atoms with Gasteiger partial charge in [-0.25, -0.2) is 13.2 Å². The first-order chi connectivity index (χ1) is 13.1. The van der Waals surface area contributed by atoms with Crippen molar-refractivity contribution in [1.29, 1.82) is 0 Å². The van der Waals surface area contributed by atoms with Gasteiger partial charge in [0.05, 0.1) is 5.75 Å². The number of rotatable bonds is 7. The molecule has 0 atom stereocenters. The van der Waals surface area contributed by atoms with Crippen LogP contribution >= 0.6 is 0 Å². The minimum absolute atomic E-state index is 0.105. The van der Waals surface area contributed by atoms with E-state index in [-0.39, 0.29) is 11.7 Å². The summed E-state index contributed by atoms with van der Waals surface area (Å²) in [4.78, 5) is 2.39. The molecule has 3 aromatic rings. The molecule has 0 saturated heterocycles. The highest BCUT2D eigenvalue weighted by atomic mass is 32.2. The third kappa shape index (κ3) is 5.28. The largest absolute Gasteiger partial charge is 0.251 e. The molecular weight excluding hydrogens is 356 g/mol. The lowest BCUT2D eigenvalue weighted by atomic mass is 9.88. The normalized spacial score (nSPS) is 12.1. The van der Waals surface area contributed by atoms with Crippen LogP contribution in [0, 0.1) is 0 Å². The zero-order valence-electron chi connectivity index (χ0n) is 15.1. The fourth-order valence-electron chi connectivity index (χ4n) is 3.00. The van der Waals surface area contributed by atoms with E-state index in [0.29, 0.717) is 5.71 Å². The summed E-state index contributed by atoms with van der Waals surface area (Å²) in [6.45, 7) is 1.84. The number of nitrogens with zero attached hydrogens (tertiary/aromatic N) is 1. The maximum Gasteiger partial charge on any atom is 0.251 e. The van der Waals surface area contributed by atoms with Gasteiger partial charge in [0.1, 0.15) is 0 Å². The molecule has 0 aliphatic carbocycles. The van der Waals surface area contributed by atoms with E-state index in [1.807, 2.05) is 85.8 Å². The minimum atomic E-state index is -3.57. The van der Waals surface area contributed by atoms with Gasteiger partial charge in [0.2, 0.25) is 0 Å². The highest BCUT2D eigenvalue weighted by molar-refractivity contribution is 7.88. The zero-order valence-corrected chi connectivity index (χ0v) is 15.9. The molecule has 4 nitrogen and oxygen atoms in total. The number of hydrazone groups is 1. The van der Waals surface area contributed by atoms with Crippen LogP contribution in [0.2, 0.25) is 0 Å². The fourth-order valence-corrected chi connectivity index (χ4v) is 3.98. The molecular formula is C22H22N2O2S. The smallest absolute Gasteiger partial charge is 0.205 e. The molecule has 3 rings (SSSR count). The van der Waals surface area contributed by atoms with E-state index in [2.05, 4.69) is 9.93 Å². The van der Waals surface area contributed by atoms with Crippen molar-refractivity contribution in [3.05, 3.63) is 108 Å². The van der Waals surface area contributed by atoms with Crippen molar-refractivity contribution < 1.29 is 8.42 Å². The van der Waals surface area contributed by atoms with Crippen LogP contribution in [0.25, 0.3) is 0 Å². The Morgan fingerprint density at radius 1 is 0.815 bits per heavy atom. The van der Waals surface area contributed by atoms with E-state index in [1.54, 1.807) is 12.1 Å². The highest BCUT2D eigenvalue weighted by Gasteiger charge is 2.18. The van der Waals surface area contributed by atoms with Crippen molar-refractivity contribution in [3.8, 4) is 0 Å². The molecule has 0 aliphatic heterocycles. The summed E-state index contributed by atoms with van der Waals surface area (Å²) in [5.41, 5.74) is 3.53. The molecule has 1 N–H and O–H groups in total. The van der Waals surface area contributed by atoms with Gasteiger partial charge in [-0.15, -0.1) is 0 Å². The summed E-state index contributed by atoms with van der Waals surface area (Å²) in [6, 6.07) is 29.0. The van der Waals surface area contributed by atoms with Crippen LogP contribution in [0.4, 0.5) is 0 Å². The van der Waals surface area contributed by atoms with Gasteiger partial charge in [-0.2, -0.15) is 5.10 Å². The van der Waals surface area contributed by atoms with Gasteiger partial charge in [0.25, 0.3) is 10.0 Å². The third-order valence-corrected chi connectivity index (χ3v) is 5.33. The lowest BCUT2D eigenvalue weighted by Gasteiger charge is -2.18. The second-order valence-corrected chi connectivity index (χ2v) is 8.04. The van der Waals surface area contributed by atoms with Crippen LogP contribution in [-0.4, -0.2) is 14.1 Å². The van der Waals surface area contributed by atoms with Gasteiger partial charge >= 0.3 is 0 Å². The predicted molar refractivity (Wildman–Crippen MR) is 110 cm³/mol. The average Bonchev–Trinajstić information content (AvgIpc) is 2.69. The second-order valence-electron chi connectivity index (χ2n) is 6.34. The first-order valence-electron chi connectivity index (χ1n) is 8.72. The fraction of sp³-hybridized carbons (Fsp3) is 0.136. The van der Waals surface area contributed by atoms with Crippen LogP contribution in [0.15, 0.2) is 96.1 Å². The second kappa shape index (κ2) is 8.64. The van der Waals surface area contributed by atoms with E-state index in [4.69, 9.17) is 0 Å². The molecule has 0 aliphatic rings. The average molecular weight is 378 g/mol. The van der Waals surface area contributed by atoms with Gasteiger partial charge in [-0.1, -0.05) is 91.0 Å². The Labute approximate surface area is 160 Å². The van der Waals surface area contributed by atoms with E-state index in [1.165, 1.54) is 0 Å². The lowest BCUT2D eigenvalue weighted by molar-refractivity contribution is 0.583. The molecule has 0 bridgehead atoms. The number of hydrogen-bond donors (Lipinski definition) is 1. The molecule has 0 saturated carbocycles. The zero-order chi connectivity index (χ0) is 19.1. The Kier molecular flexibility index (Phi) is 6.04. The van der Waals surface area contributed by atoms with Crippen molar-refractivity contribution in [3.63, 3.8) is 0 Å². The van der Waals surface area contributed by atoms with E-state index < -0.39 is 10.0 Å². The Bertz CT molecular complexity index is 947. The molecule has 0 aromatic heterocycles. The lowest BCUT2D eigenvalue weighted by Crippen LogP contribution is -2.23. The summed E-state index contributed by atoms with van der Waals surface area (Å²) in [6.07, 6.45) is 0. The Morgan fingerprint density at radius 2 is 1.26 bits per heavy atom. The van der Waals surface area contributed by atoms with Gasteiger partial charge in [-0.3, -0.25) is 0 Å². The summed E-state index contributed by atoms with van der Waals surface area (Å²) in [5.74, 6) is -0.224. The minimum Gasteiger partial charge on any atom is -0.205 e. The number of nitrogens with one attached hydrogen (secondary N) is 1. The molecule has 27 heavy (non-hydrogen) atoms. The van der Waals surface area contributed by atoms with Crippen molar-refractivity contribution in [2.75, 3.05) is 0 Å². The van der Waals surface area contributed by atoms with Crippen molar-refractivity contribution >= 4 is 15.7 Å². The van der Waals surface area contributed by atoms with Crippen molar-refractivity contribution in [2.24, 2.45) is 5.10 Å². The summed E-state index contributed by atoms with van der Waals surface area (Å²) < 4.78 is 24.8. The standard InChI is InChI=1S/C22H22N2O2S/c1-18(23-24-27(25,26)17-19-11-5-2-6-12-19)22(20-13-7-3-8-14-20)21-15-9-4-10-16-21/h2-16,22,24H,17H2,1H3. The van der Waals surface area contributed by atoms with Crippen LogP contribution in [0.1, 0.15) is 29.5 Å². The van der Waals surface area contributed by atoms with E-state index >= 15 is 0 Å². The van der Waals surface area contributed by atoms with E-state index in [9.17, 15) is 8.42 Å². The molecule has 0 heterocycles. The topological polar surface area (TPSA) is 58.5 Å². The first kappa shape index (κ1) is 18.9. The SMILES string of the molecule is CC(=NNS(=O)(=O)Cc1ccccc1)C(c1ccccc1)c1ccccc1. The van der Waals surface area contributed by atoms with E-state index in [0.717, 1.165) is 16.7 Å². The number of benzene rings is 3. The summed E-state index contributed by atoms with van der Waals surface area (Å²) in [7, 11) is -3.57. The van der Waals surface area contributed by atoms with Gasteiger partial charge in [0, 0.05) is 11.6 Å². The monoisotopic (exact) mass is 378 g/mol. The maximum absolute atomic E-state index is 12.4. The molecule has 138 valence electrons. The third-order valence-electron chi connectivity index (χ3n) is 4.24. The van der Waals surface area contributed by atoms with Gasteiger partial charge < -0.3 is 0 Å². The molecule has 5 heteroatoms. The number of hydrogen-bond acceptors (Lipinski definition) is 3. The van der Waals surface area contributed by atoms with Crippen LogP contribution in [0.5, 0.6) is 0 Å². The highest BCUT2D eigenvalue weighted by Crippen LogP contribution is 2.26.